The Balaban J connectivity index is 2.32. The minimum Gasteiger partial charge on any atom is -0.399 e. The van der Waals surface area contributed by atoms with Crippen LogP contribution < -0.4 is 5.73 Å². The zero-order chi connectivity index (χ0) is 11.5. The summed E-state index contributed by atoms with van der Waals surface area (Å²) in [5.41, 5.74) is 8.74. The number of aryl methyl sites for hydroxylation is 2. The van der Waals surface area contributed by atoms with E-state index in [1.807, 2.05) is 12.1 Å². The van der Waals surface area contributed by atoms with Gasteiger partial charge in [0, 0.05) is 12.2 Å². The second kappa shape index (κ2) is 4.56. The van der Waals surface area contributed by atoms with E-state index in [1.54, 1.807) is 0 Å². The third-order valence-corrected chi connectivity index (χ3v) is 2.95. The Hall–Kier alpha value is -1.51. The Morgan fingerprint density at radius 1 is 1.31 bits per heavy atom. The molecule has 0 amide bonds. The summed E-state index contributed by atoms with van der Waals surface area (Å²) in [6.07, 6.45) is 3.74. The molecule has 2 rings (SSSR count). The molecule has 0 unspecified atom stereocenters. The van der Waals surface area contributed by atoms with Crippen LogP contribution in [0.3, 0.4) is 0 Å². The van der Waals surface area contributed by atoms with E-state index in [4.69, 9.17) is 5.73 Å². The lowest BCUT2D eigenvalue weighted by Crippen LogP contribution is -2.00. The Kier molecular flexibility index (Phi) is 3.13. The lowest BCUT2D eigenvalue weighted by Gasteiger charge is -2.05. The number of aromatic nitrogens is 2. The standard InChI is InChI=1S/C13H19N3/c1-3-4-5-8-16-10(2)15-12-9-11(14)6-7-13(12)16/h6-7,9H,3-5,8,14H2,1-2H3. The first-order valence-corrected chi connectivity index (χ1v) is 5.94. The molecule has 0 bridgehead atoms. The molecule has 1 heterocycles. The van der Waals surface area contributed by atoms with Crippen molar-refractivity contribution < 1.29 is 0 Å². The molecule has 0 radical (unpaired) electrons. The van der Waals surface area contributed by atoms with E-state index in [0.717, 1.165) is 23.6 Å². The van der Waals surface area contributed by atoms with Crippen molar-refractivity contribution >= 4 is 16.7 Å². The van der Waals surface area contributed by atoms with E-state index in [2.05, 4.69) is 29.5 Å². The summed E-state index contributed by atoms with van der Waals surface area (Å²) in [6, 6.07) is 5.95. The summed E-state index contributed by atoms with van der Waals surface area (Å²) >= 11 is 0. The molecular weight excluding hydrogens is 198 g/mol. The quantitative estimate of drug-likeness (QED) is 0.631. The summed E-state index contributed by atoms with van der Waals surface area (Å²) in [6.45, 7) is 5.34. The SMILES string of the molecule is CCCCCn1c(C)nc2cc(N)ccc21. The van der Waals surface area contributed by atoms with Gasteiger partial charge >= 0.3 is 0 Å². The first kappa shape index (κ1) is 11.0. The van der Waals surface area contributed by atoms with Gasteiger partial charge in [0.2, 0.25) is 0 Å². The van der Waals surface area contributed by atoms with Crippen LogP contribution in [-0.2, 0) is 6.54 Å². The highest BCUT2D eigenvalue weighted by Gasteiger charge is 2.06. The largest absolute Gasteiger partial charge is 0.399 e. The van der Waals surface area contributed by atoms with Crippen molar-refractivity contribution in [2.75, 3.05) is 5.73 Å². The van der Waals surface area contributed by atoms with Crippen LogP contribution in [0.5, 0.6) is 0 Å². The predicted molar refractivity (Wildman–Crippen MR) is 68.4 cm³/mol. The molecule has 86 valence electrons. The number of nitrogens with zero attached hydrogens (tertiary/aromatic N) is 2. The number of nitrogens with two attached hydrogens (primary N) is 1. The Morgan fingerprint density at radius 3 is 2.88 bits per heavy atom. The number of unbranched alkanes of at least 4 members (excludes halogenated alkanes) is 2. The van der Waals surface area contributed by atoms with Crippen LogP contribution >= 0.6 is 0 Å². The smallest absolute Gasteiger partial charge is 0.106 e. The van der Waals surface area contributed by atoms with Gasteiger partial charge in [-0.25, -0.2) is 4.98 Å². The molecule has 2 aromatic rings. The molecule has 0 aliphatic rings. The molecule has 0 saturated heterocycles. The van der Waals surface area contributed by atoms with Crippen LogP contribution in [0.2, 0.25) is 0 Å². The zero-order valence-corrected chi connectivity index (χ0v) is 10.0. The molecule has 0 aliphatic carbocycles. The van der Waals surface area contributed by atoms with Gasteiger partial charge in [-0.05, 0) is 31.5 Å². The van der Waals surface area contributed by atoms with Crippen LogP contribution in [0.15, 0.2) is 18.2 Å². The molecular formula is C13H19N3. The Labute approximate surface area is 96.3 Å². The molecule has 3 nitrogen and oxygen atoms in total. The van der Waals surface area contributed by atoms with E-state index < -0.39 is 0 Å². The molecule has 1 aromatic heterocycles. The van der Waals surface area contributed by atoms with Crippen LogP contribution in [0.25, 0.3) is 11.0 Å². The molecule has 0 atom stereocenters. The van der Waals surface area contributed by atoms with Crippen LogP contribution in [0, 0.1) is 6.92 Å². The fraction of sp³-hybridized carbons (Fsp3) is 0.462. The lowest BCUT2D eigenvalue weighted by molar-refractivity contribution is 0.602. The van der Waals surface area contributed by atoms with E-state index in [9.17, 15) is 0 Å². The molecule has 0 saturated carbocycles. The first-order chi connectivity index (χ1) is 7.72. The normalized spacial score (nSPS) is 11.1. The summed E-state index contributed by atoms with van der Waals surface area (Å²) in [4.78, 5) is 4.54. The zero-order valence-electron chi connectivity index (χ0n) is 10.0. The number of rotatable bonds is 4. The molecule has 3 heteroatoms. The first-order valence-electron chi connectivity index (χ1n) is 5.94. The number of fused-ring (bicyclic) bond motifs is 1. The van der Waals surface area contributed by atoms with Gasteiger partial charge in [0.25, 0.3) is 0 Å². The number of nitrogen functional groups attached to an aromatic ring is 1. The maximum Gasteiger partial charge on any atom is 0.106 e. The van der Waals surface area contributed by atoms with Gasteiger partial charge in [-0.1, -0.05) is 19.8 Å². The lowest BCUT2D eigenvalue weighted by atomic mass is 10.2. The van der Waals surface area contributed by atoms with Gasteiger partial charge in [0.15, 0.2) is 0 Å². The third-order valence-electron chi connectivity index (χ3n) is 2.95. The molecule has 2 N–H and O–H groups in total. The molecule has 0 fully saturated rings. The van der Waals surface area contributed by atoms with E-state index >= 15 is 0 Å². The molecule has 16 heavy (non-hydrogen) atoms. The Morgan fingerprint density at radius 2 is 2.12 bits per heavy atom. The highest BCUT2D eigenvalue weighted by molar-refractivity contribution is 5.79. The van der Waals surface area contributed by atoms with Gasteiger partial charge in [0.1, 0.15) is 5.82 Å². The topological polar surface area (TPSA) is 43.8 Å². The van der Waals surface area contributed by atoms with Gasteiger partial charge in [-0.15, -0.1) is 0 Å². The van der Waals surface area contributed by atoms with E-state index in [1.165, 1.54) is 24.8 Å². The number of anilines is 1. The monoisotopic (exact) mass is 217 g/mol. The average Bonchev–Trinajstić information content (AvgIpc) is 2.55. The molecule has 1 aromatic carbocycles. The maximum atomic E-state index is 5.76. The maximum absolute atomic E-state index is 5.76. The third kappa shape index (κ3) is 2.03. The summed E-state index contributed by atoms with van der Waals surface area (Å²) in [5.74, 6) is 1.08. The number of benzene rings is 1. The fourth-order valence-corrected chi connectivity index (χ4v) is 2.07. The minimum atomic E-state index is 0.783. The van der Waals surface area contributed by atoms with Gasteiger partial charge in [-0.3, -0.25) is 0 Å². The second-order valence-corrected chi connectivity index (χ2v) is 4.27. The predicted octanol–water partition coefficient (Wildman–Crippen LogP) is 3.12. The van der Waals surface area contributed by atoms with E-state index in [0.29, 0.717) is 0 Å². The van der Waals surface area contributed by atoms with Gasteiger partial charge in [0.05, 0.1) is 11.0 Å². The summed E-state index contributed by atoms with van der Waals surface area (Å²) < 4.78 is 2.28. The Bertz CT molecular complexity index is 485. The molecule has 0 aliphatic heterocycles. The van der Waals surface area contributed by atoms with Crippen molar-refractivity contribution in [2.45, 2.75) is 39.7 Å². The van der Waals surface area contributed by atoms with E-state index in [-0.39, 0.29) is 0 Å². The highest BCUT2D eigenvalue weighted by Crippen LogP contribution is 2.19. The van der Waals surface area contributed by atoms with Crippen molar-refractivity contribution in [1.29, 1.82) is 0 Å². The van der Waals surface area contributed by atoms with Crippen molar-refractivity contribution in [3.05, 3.63) is 24.0 Å². The average molecular weight is 217 g/mol. The van der Waals surface area contributed by atoms with Crippen molar-refractivity contribution in [2.24, 2.45) is 0 Å². The second-order valence-electron chi connectivity index (χ2n) is 4.27. The van der Waals surface area contributed by atoms with Crippen LogP contribution in [0.1, 0.15) is 32.0 Å². The molecule has 0 spiro atoms. The fourth-order valence-electron chi connectivity index (χ4n) is 2.07. The van der Waals surface area contributed by atoms with Crippen molar-refractivity contribution in [3.8, 4) is 0 Å². The van der Waals surface area contributed by atoms with Crippen LogP contribution in [-0.4, -0.2) is 9.55 Å². The number of hydrogen-bond donors (Lipinski definition) is 1. The van der Waals surface area contributed by atoms with Crippen LogP contribution in [0.4, 0.5) is 5.69 Å². The highest BCUT2D eigenvalue weighted by atomic mass is 15.1. The summed E-state index contributed by atoms with van der Waals surface area (Å²) in [5, 5.41) is 0. The summed E-state index contributed by atoms with van der Waals surface area (Å²) in [7, 11) is 0. The van der Waals surface area contributed by atoms with Crippen molar-refractivity contribution in [1.82, 2.24) is 9.55 Å². The van der Waals surface area contributed by atoms with Gasteiger partial charge in [-0.2, -0.15) is 0 Å². The van der Waals surface area contributed by atoms with Gasteiger partial charge < -0.3 is 10.3 Å². The van der Waals surface area contributed by atoms with Crippen molar-refractivity contribution in [3.63, 3.8) is 0 Å². The number of imidazole rings is 1. The minimum absolute atomic E-state index is 0.783. The number of hydrogen-bond acceptors (Lipinski definition) is 2.